The zero-order valence-corrected chi connectivity index (χ0v) is 12.1. The van der Waals surface area contributed by atoms with Crippen molar-refractivity contribution in [3.8, 4) is 5.75 Å². The molecule has 1 aliphatic carbocycles. The molecule has 1 unspecified atom stereocenters. The molecule has 3 nitrogen and oxygen atoms in total. The summed E-state index contributed by atoms with van der Waals surface area (Å²) in [7, 11) is 0. The van der Waals surface area contributed by atoms with E-state index in [1.807, 2.05) is 36.4 Å². The van der Waals surface area contributed by atoms with Crippen molar-refractivity contribution in [2.45, 2.75) is 19.3 Å². The number of ether oxygens (including phenoxy) is 1. The maximum Gasteiger partial charge on any atom is 0.314 e. The highest BCUT2D eigenvalue weighted by molar-refractivity contribution is 6.05. The van der Waals surface area contributed by atoms with Crippen LogP contribution in [0.2, 0.25) is 0 Å². The second-order valence-electron chi connectivity index (χ2n) is 5.66. The van der Waals surface area contributed by atoms with Gasteiger partial charge in [0.1, 0.15) is 16.9 Å². The number of carbonyl (C=O) groups excluding carboxylic acids is 1. The van der Waals surface area contributed by atoms with Gasteiger partial charge in [0.15, 0.2) is 0 Å². The van der Waals surface area contributed by atoms with Crippen molar-refractivity contribution in [1.82, 2.24) is 0 Å². The van der Waals surface area contributed by atoms with Gasteiger partial charge < -0.3 is 9.15 Å². The third-order valence-corrected chi connectivity index (χ3v) is 4.17. The number of fused-ring (bicyclic) bond motifs is 3. The first-order valence-corrected chi connectivity index (χ1v) is 7.59. The summed E-state index contributed by atoms with van der Waals surface area (Å²) in [4.78, 5) is 12.2. The Morgan fingerprint density at radius 2 is 1.91 bits per heavy atom. The van der Waals surface area contributed by atoms with Gasteiger partial charge in [-0.2, -0.15) is 0 Å². The number of para-hydroxylation sites is 1. The molecule has 0 amide bonds. The molecule has 1 atom stereocenters. The fourth-order valence-electron chi connectivity index (χ4n) is 2.98. The van der Waals surface area contributed by atoms with Crippen molar-refractivity contribution < 1.29 is 13.9 Å². The van der Waals surface area contributed by atoms with E-state index in [4.69, 9.17) is 9.15 Å². The van der Waals surface area contributed by atoms with E-state index in [1.54, 1.807) is 6.07 Å². The predicted molar refractivity (Wildman–Crippen MR) is 85.8 cm³/mol. The van der Waals surface area contributed by atoms with E-state index in [0.717, 1.165) is 41.2 Å². The highest BCUT2D eigenvalue weighted by Gasteiger charge is 2.21. The number of benzene rings is 2. The van der Waals surface area contributed by atoms with Crippen molar-refractivity contribution in [2.24, 2.45) is 5.92 Å². The molecular formula is C19H16O3. The van der Waals surface area contributed by atoms with Gasteiger partial charge in [0.2, 0.25) is 0 Å². The SMILES string of the molecule is O=C(Oc1ccc2oc3ccccc3c2c1)C1CC=CCC1. The average molecular weight is 292 g/mol. The molecule has 4 rings (SSSR count). The second kappa shape index (κ2) is 5.34. The lowest BCUT2D eigenvalue weighted by atomic mass is 9.95. The van der Waals surface area contributed by atoms with Crippen LogP contribution in [-0.4, -0.2) is 5.97 Å². The summed E-state index contributed by atoms with van der Waals surface area (Å²) in [5.74, 6) is 0.414. The van der Waals surface area contributed by atoms with Crippen LogP contribution < -0.4 is 4.74 Å². The van der Waals surface area contributed by atoms with Crippen molar-refractivity contribution in [3.05, 3.63) is 54.6 Å². The van der Waals surface area contributed by atoms with Crippen LogP contribution in [0.15, 0.2) is 59.0 Å². The molecule has 1 aromatic heterocycles. The molecule has 3 heteroatoms. The second-order valence-corrected chi connectivity index (χ2v) is 5.66. The fourth-order valence-corrected chi connectivity index (χ4v) is 2.98. The lowest BCUT2D eigenvalue weighted by molar-refractivity contribution is -0.139. The topological polar surface area (TPSA) is 39.4 Å². The van der Waals surface area contributed by atoms with E-state index >= 15 is 0 Å². The molecule has 110 valence electrons. The van der Waals surface area contributed by atoms with Gasteiger partial charge in [-0.3, -0.25) is 4.79 Å². The zero-order valence-electron chi connectivity index (χ0n) is 12.1. The Morgan fingerprint density at radius 3 is 2.77 bits per heavy atom. The molecule has 0 saturated carbocycles. The van der Waals surface area contributed by atoms with Crippen LogP contribution in [0.25, 0.3) is 21.9 Å². The molecular weight excluding hydrogens is 276 g/mol. The summed E-state index contributed by atoms with van der Waals surface area (Å²) in [6.45, 7) is 0. The Labute approximate surface area is 128 Å². The molecule has 0 fully saturated rings. The number of allylic oxidation sites excluding steroid dienone is 2. The van der Waals surface area contributed by atoms with Gasteiger partial charge in [-0.25, -0.2) is 0 Å². The molecule has 0 radical (unpaired) electrons. The molecule has 1 aliphatic rings. The molecule has 0 aliphatic heterocycles. The Bertz CT molecular complexity index is 873. The maximum absolute atomic E-state index is 12.2. The summed E-state index contributed by atoms with van der Waals surface area (Å²) in [6, 6.07) is 13.4. The van der Waals surface area contributed by atoms with Gasteiger partial charge in [-0.05, 0) is 43.5 Å². The van der Waals surface area contributed by atoms with Crippen molar-refractivity contribution in [2.75, 3.05) is 0 Å². The van der Waals surface area contributed by atoms with Crippen LogP contribution in [0.1, 0.15) is 19.3 Å². The fraction of sp³-hybridized carbons (Fsp3) is 0.211. The Kier molecular flexibility index (Phi) is 3.19. The lowest BCUT2D eigenvalue weighted by Gasteiger charge is -2.16. The zero-order chi connectivity index (χ0) is 14.9. The first-order valence-electron chi connectivity index (χ1n) is 7.59. The monoisotopic (exact) mass is 292 g/mol. The van der Waals surface area contributed by atoms with Gasteiger partial charge in [0, 0.05) is 10.8 Å². The highest BCUT2D eigenvalue weighted by Crippen LogP contribution is 2.31. The molecule has 3 aromatic rings. The van der Waals surface area contributed by atoms with Crippen LogP contribution in [0.3, 0.4) is 0 Å². The summed E-state index contributed by atoms with van der Waals surface area (Å²) >= 11 is 0. The lowest BCUT2D eigenvalue weighted by Crippen LogP contribution is -2.21. The van der Waals surface area contributed by atoms with Crippen molar-refractivity contribution in [1.29, 1.82) is 0 Å². The third-order valence-electron chi connectivity index (χ3n) is 4.17. The average Bonchev–Trinajstić information content (AvgIpc) is 2.94. The molecule has 22 heavy (non-hydrogen) atoms. The van der Waals surface area contributed by atoms with E-state index in [1.165, 1.54) is 0 Å². The summed E-state index contributed by atoms with van der Waals surface area (Å²) in [5, 5.41) is 2.01. The smallest absolute Gasteiger partial charge is 0.314 e. The number of hydrogen-bond donors (Lipinski definition) is 0. The first kappa shape index (κ1) is 13.1. The van der Waals surface area contributed by atoms with Crippen LogP contribution in [0.4, 0.5) is 0 Å². The minimum absolute atomic E-state index is 0.0261. The Morgan fingerprint density at radius 1 is 1.05 bits per heavy atom. The number of furan rings is 1. The van der Waals surface area contributed by atoms with Crippen molar-refractivity contribution >= 4 is 27.9 Å². The van der Waals surface area contributed by atoms with E-state index in [9.17, 15) is 4.79 Å². The predicted octanol–water partition coefficient (Wildman–Crippen LogP) is 4.85. The first-order chi connectivity index (χ1) is 10.8. The standard InChI is InChI=1S/C19H16O3/c20-19(13-6-2-1-3-7-13)21-14-10-11-18-16(12-14)15-8-4-5-9-17(15)22-18/h1-2,4-5,8-13H,3,6-7H2. The van der Waals surface area contributed by atoms with E-state index in [2.05, 4.69) is 12.2 Å². The summed E-state index contributed by atoms with van der Waals surface area (Å²) < 4.78 is 11.3. The number of rotatable bonds is 2. The van der Waals surface area contributed by atoms with Crippen LogP contribution >= 0.6 is 0 Å². The quantitative estimate of drug-likeness (QED) is 0.385. The van der Waals surface area contributed by atoms with E-state index in [0.29, 0.717) is 5.75 Å². The molecule has 0 N–H and O–H groups in total. The van der Waals surface area contributed by atoms with Gasteiger partial charge >= 0.3 is 5.97 Å². The minimum Gasteiger partial charge on any atom is -0.456 e. The van der Waals surface area contributed by atoms with Gasteiger partial charge in [0.05, 0.1) is 5.92 Å². The highest BCUT2D eigenvalue weighted by atomic mass is 16.5. The largest absolute Gasteiger partial charge is 0.456 e. The van der Waals surface area contributed by atoms with E-state index < -0.39 is 0 Å². The third kappa shape index (κ3) is 2.29. The maximum atomic E-state index is 12.2. The Balaban J connectivity index is 1.65. The molecule has 0 spiro atoms. The number of hydrogen-bond acceptors (Lipinski definition) is 3. The molecule has 0 saturated heterocycles. The molecule has 1 heterocycles. The normalized spacial score (nSPS) is 17.9. The van der Waals surface area contributed by atoms with Crippen LogP contribution in [-0.2, 0) is 4.79 Å². The van der Waals surface area contributed by atoms with Crippen LogP contribution in [0, 0.1) is 5.92 Å². The van der Waals surface area contributed by atoms with Gasteiger partial charge in [0.25, 0.3) is 0 Å². The Hall–Kier alpha value is -2.55. The number of carbonyl (C=O) groups is 1. The van der Waals surface area contributed by atoms with Crippen molar-refractivity contribution in [3.63, 3.8) is 0 Å². The molecule has 2 aromatic carbocycles. The summed E-state index contributed by atoms with van der Waals surface area (Å²) in [5.41, 5.74) is 1.65. The van der Waals surface area contributed by atoms with Gasteiger partial charge in [-0.15, -0.1) is 0 Å². The summed E-state index contributed by atoms with van der Waals surface area (Å²) in [6.07, 6.45) is 6.77. The van der Waals surface area contributed by atoms with Gasteiger partial charge in [-0.1, -0.05) is 30.4 Å². The van der Waals surface area contributed by atoms with E-state index in [-0.39, 0.29) is 11.9 Å². The van der Waals surface area contributed by atoms with Crippen LogP contribution in [0.5, 0.6) is 5.75 Å². The molecule has 0 bridgehead atoms. The minimum atomic E-state index is -0.142. The number of esters is 1.